The van der Waals surface area contributed by atoms with Crippen molar-refractivity contribution in [2.75, 3.05) is 0 Å². The molecule has 3 rings (SSSR count). The highest BCUT2D eigenvalue weighted by Crippen LogP contribution is 2.28. The first kappa shape index (κ1) is 18.6. The third-order valence-corrected chi connectivity index (χ3v) is 6.56. The maximum absolute atomic E-state index is 12.6. The number of hydrogen-bond donors (Lipinski definition) is 1. The highest BCUT2D eigenvalue weighted by molar-refractivity contribution is 7.92. The predicted molar refractivity (Wildman–Crippen MR) is 93.3 cm³/mol. The number of halogens is 1. The molecule has 2 aromatic rings. The third-order valence-electron chi connectivity index (χ3n) is 4.49. The fourth-order valence-corrected chi connectivity index (χ4v) is 4.37. The van der Waals surface area contributed by atoms with E-state index in [-0.39, 0.29) is 16.9 Å². The summed E-state index contributed by atoms with van der Waals surface area (Å²) in [6, 6.07) is 10.00. The number of hydrogen-bond acceptors (Lipinski definition) is 6. The molecule has 2 aromatic carbocycles. The van der Waals surface area contributed by atoms with Crippen molar-refractivity contribution in [3.8, 4) is 0 Å². The summed E-state index contributed by atoms with van der Waals surface area (Å²) in [7, 11) is -4.08. The van der Waals surface area contributed by atoms with Crippen LogP contribution < -0.4 is 10.8 Å². The molecular formula is C18H15ClNO5S-. The van der Waals surface area contributed by atoms with Crippen LogP contribution in [0, 0.1) is 5.92 Å². The number of ketones is 1. The van der Waals surface area contributed by atoms with Crippen molar-refractivity contribution >= 4 is 33.2 Å². The van der Waals surface area contributed by atoms with Crippen molar-refractivity contribution in [1.29, 1.82) is 0 Å². The first-order chi connectivity index (χ1) is 12.2. The molecule has 0 saturated heterocycles. The van der Waals surface area contributed by atoms with Crippen LogP contribution in [0.2, 0.25) is 5.02 Å². The van der Waals surface area contributed by atoms with E-state index >= 15 is 0 Å². The van der Waals surface area contributed by atoms with Crippen LogP contribution in [0.3, 0.4) is 0 Å². The van der Waals surface area contributed by atoms with Crippen molar-refractivity contribution < 1.29 is 23.1 Å². The molecule has 0 fully saturated rings. The molecular weight excluding hydrogens is 378 g/mol. The molecule has 2 unspecified atom stereocenters. The number of carboxylic acids is 1. The Hall–Kier alpha value is -2.22. The number of carbonyl (C=O) groups is 2. The third kappa shape index (κ3) is 3.38. The fourth-order valence-electron chi connectivity index (χ4n) is 3.01. The first-order valence-electron chi connectivity index (χ1n) is 7.82. The SMILES string of the molecule is NC(C(=O)c1ccc2c(c1)CC(C(=O)[O-])C2)S(=O)(=O)c1ccc(Cl)cc1. The average Bonchev–Trinajstić information content (AvgIpc) is 3.04. The van der Waals surface area contributed by atoms with Gasteiger partial charge in [0, 0.05) is 22.5 Å². The van der Waals surface area contributed by atoms with Gasteiger partial charge in [0.15, 0.2) is 11.2 Å². The van der Waals surface area contributed by atoms with Gasteiger partial charge in [-0.05, 0) is 54.3 Å². The molecule has 136 valence electrons. The second-order valence-electron chi connectivity index (χ2n) is 6.19. The maximum atomic E-state index is 12.6. The summed E-state index contributed by atoms with van der Waals surface area (Å²) in [4.78, 5) is 23.5. The van der Waals surface area contributed by atoms with Crippen LogP contribution >= 0.6 is 11.6 Å². The Morgan fingerprint density at radius 1 is 1.08 bits per heavy atom. The topological polar surface area (TPSA) is 117 Å². The lowest BCUT2D eigenvalue weighted by Crippen LogP contribution is -2.38. The van der Waals surface area contributed by atoms with E-state index in [0.717, 1.165) is 5.56 Å². The summed E-state index contributed by atoms with van der Waals surface area (Å²) in [5.41, 5.74) is 7.38. The molecule has 0 aromatic heterocycles. The molecule has 0 bridgehead atoms. The number of rotatable bonds is 5. The Kier molecular flexibility index (Phi) is 4.88. The Labute approximate surface area is 155 Å². The number of aliphatic carboxylic acids is 1. The van der Waals surface area contributed by atoms with E-state index in [0.29, 0.717) is 17.0 Å². The zero-order valence-electron chi connectivity index (χ0n) is 13.5. The molecule has 2 N–H and O–H groups in total. The minimum atomic E-state index is -4.08. The lowest BCUT2D eigenvalue weighted by atomic mass is 10.0. The highest BCUT2D eigenvalue weighted by Gasteiger charge is 2.32. The smallest absolute Gasteiger partial charge is 0.201 e. The van der Waals surface area contributed by atoms with Gasteiger partial charge in [-0.3, -0.25) is 4.79 Å². The molecule has 0 heterocycles. The molecule has 0 amide bonds. The van der Waals surface area contributed by atoms with Crippen molar-refractivity contribution in [3.63, 3.8) is 0 Å². The number of nitrogens with two attached hydrogens (primary N) is 1. The summed E-state index contributed by atoms with van der Waals surface area (Å²) >= 11 is 5.75. The molecule has 8 heteroatoms. The van der Waals surface area contributed by atoms with Gasteiger partial charge in [0.25, 0.3) is 0 Å². The highest BCUT2D eigenvalue weighted by atomic mass is 35.5. The Morgan fingerprint density at radius 3 is 2.31 bits per heavy atom. The minimum absolute atomic E-state index is 0.0964. The summed E-state index contributed by atoms with van der Waals surface area (Å²) in [6.45, 7) is 0. The van der Waals surface area contributed by atoms with E-state index < -0.39 is 32.9 Å². The van der Waals surface area contributed by atoms with Gasteiger partial charge in [-0.25, -0.2) is 8.42 Å². The number of benzene rings is 2. The van der Waals surface area contributed by atoms with Gasteiger partial charge in [0.05, 0.1) is 4.90 Å². The van der Waals surface area contributed by atoms with Crippen LogP contribution in [0.1, 0.15) is 21.5 Å². The van der Waals surface area contributed by atoms with Gasteiger partial charge >= 0.3 is 0 Å². The zero-order valence-corrected chi connectivity index (χ0v) is 15.1. The van der Waals surface area contributed by atoms with Gasteiger partial charge < -0.3 is 15.6 Å². The molecule has 0 aliphatic heterocycles. The van der Waals surface area contributed by atoms with Crippen LogP contribution in [0.5, 0.6) is 0 Å². The number of sulfone groups is 1. The average molecular weight is 393 g/mol. The van der Waals surface area contributed by atoms with Crippen LogP contribution in [0.25, 0.3) is 0 Å². The summed E-state index contributed by atoms with van der Waals surface area (Å²) in [5.74, 6) is -2.53. The minimum Gasteiger partial charge on any atom is -0.550 e. The lowest BCUT2D eigenvalue weighted by molar-refractivity contribution is -0.311. The van der Waals surface area contributed by atoms with E-state index in [2.05, 4.69) is 0 Å². The molecule has 6 nitrogen and oxygen atoms in total. The first-order valence-corrected chi connectivity index (χ1v) is 9.74. The number of Topliss-reactive ketones (excluding diaryl/α,β-unsaturated/α-hetero) is 1. The summed E-state index contributed by atoms with van der Waals surface area (Å²) in [5, 5.41) is 9.62. The van der Waals surface area contributed by atoms with E-state index in [1.807, 2.05) is 0 Å². The van der Waals surface area contributed by atoms with Gasteiger partial charge in [-0.2, -0.15) is 0 Å². The molecule has 2 atom stereocenters. The summed E-state index contributed by atoms with van der Waals surface area (Å²) < 4.78 is 25.1. The number of carboxylic acid groups (broad SMARTS) is 1. The molecule has 1 aliphatic rings. The quantitative estimate of drug-likeness (QED) is 0.750. The number of carbonyl (C=O) groups excluding carboxylic acids is 2. The van der Waals surface area contributed by atoms with Crippen molar-refractivity contribution in [3.05, 3.63) is 64.2 Å². The van der Waals surface area contributed by atoms with Gasteiger partial charge in [0.1, 0.15) is 0 Å². The standard InChI is InChI=1S/C18H16ClNO5S/c19-14-3-5-15(6-4-14)26(24,25)17(20)16(21)11-2-1-10-7-13(18(22)23)9-12(10)8-11/h1-6,8,13,17H,7,9,20H2,(H,22,23)/p-1. The van der Waals surface area contributed by atoms with Gasteiger partial charge in [0.2, 0.25) is 9.84 Å². The summed E-state index contributed by atoms with van der Waals surface area (Å²) in [6.07, 6.45) is 0.583. The lowest BCUT2D eigenvalue weighted by Gasteiger charge is -2.13. The van der Waals surface area contributed by atoms with Gasteiger partial charge in [-0.15, -0.1) is 0 Å². The normalized spacial score (nSPS) is 17.5. The monoisotopic (exact) mass is 392 g/mol. The molecule has 0 radical (unpaired) electrons. The fraction of sp³-hybridized carbons (Fsp3) is 0.222. The largest absolute Gasteiger partial charge is 0.550 e. The van der Waals surface area contributed by atoms with Gasteiger partial charge in [-0.1, -0.05) is 23.7 Å². The predicted octanol–water partition coefficient (Wildman–Crippen LogP) is 0.746. The van der Waals surface area contributed by atoms with Crippen LogP contribution in [-0.4, -0.2) is 25.5 Å². The van der Waals surface area contributed by atoms with Crippen LogP contribution in [0.4, 0.5) is 0 Å². The zero-order chi connectivity index (χ0) is 19.1. The van der Waals surface area contributed by atoms with E-state index in [1.165, 1.54) is 36.4 Å². The Morgan fingerprint density at radius 2 is 1.69 bits per heavy atom. The molecule has 0 spiro atoms. The van der Waals surface area contributed by atoms with Crippen molar-refractivity contribution in [1.82, 2.24) is 0 Å². The van der Waals surface area contributed by atoms with E-state index in [1.54, 1.807) is 6.07 Å². The van der Waals surface area contributed by atoms with E-state index in [9.17, 15) is 23.1 Å². The van der Waals surface area contributed by atoms with Crippen LogP contribution in [0.15, 0.2) is 47.4 Å². The second-order valence-corrected chi connectivity index (χ2v) is 8.70. The van der Waals surface area contributed by atoms with Crippen molar-refractivity contribution in [2.24, 2.45) is 11.7 Å². The number of fused-ring (bicyclic) bond motifs is 1. The van der Waals surface area contributed by atoms with Crippen molar-refractivity contribution in [2.45, 2.75) is 23.1 Å². The Bertz CT molecular complexity index is 985. The molecule has 1 aliphatic carbocycles. The van der Waals surface area contributed by atoms with Crippen LogP contribution in [-0.2, 0) is 27.5 Å². The second kappa shape index (κ2) is 6.83. The van der Waals surface area contributed by atoms with E-state index in [4.69, 9.17) is 17.3 Å². The Balaban J connectivity index is 1.87. The maximum Gasteiger partial charge on any atom is 0.201 e. The molecule has 0 saturated carbocycles. The molecule has 26 heavy (non-hydrogen) atoms.